The molecule has 446 valence electrons. The number of rotatable bonds is 55. The van der Waals surface area contributed by atoms with Crippen LogP contribution in [-0.4, -0.2) is 11.4 Å². The summed E-state index contributed by atoms with van der Waals surface area (Å²) in [4.78, 5) is 10.0. The maximum Gasteiger partial charge on any atom is 0.135 e. The van der Waals surface area contributed by atoms with E-state index in [4.69, 9.17) is 9.98 Å². The van der Waals surface area contributed by atoms with Crippen LogP contribution in [0.25, 0.3) is 12.2 Å². The summed E-state index contributed by atoms with van der Waals surface area (Å²) in [6.45, 7) is 8.75. The first-order valence-electron chi connectivity index (χ1n) is 34.3. The second-order valence-electron chi connectivity index (χ2n) is 23.6. The van der Waals surface area contributed by atoms with Crippen molar-refractivity contribution in [3.05, 3.63) is 71.8 Å². The van der Waals surface area contributed by atoms with Crippen LogP contribution in [0, 0.1) is 11.8 Å². The molecule has 78 heavy (non-hydrogen) atoms. The largest absolute Gasteiger partial charge is 0.251 e. The Balaban J connectivity index is 0.0000304. The van der Waals surface area contributed by atoms with Crippen LogP contribution in [-0.2, 0) is 16.5 Å². The predicted molar refractivity (Wildman–Crippen MR) is 351 cm³/mol. The summed E-state index contributed by atoms with van der Waals surface area (Å²) in [6, 6.07) is 17.1. The minimum Gasteiger partial charge on any atom is -0.251 e. The molecule has 0 unspecified atom stereocenters. The molecule has 0 atom stereocenters. The van der Waals surface area contributed by atoms with Crippen LogP contribution in [0.3, 0.4) is 0 Å². The first-order valence-corrected chi connectivity index (χ1v) is 34.3. The van der Waals surface area contributed by atoms with Gasteiger partial charge in [0, 0.05) is 22.9 Å². The van der Waals surface area contributed by atoms with E-state index < -0.39 is 0 Å². The zero-order chi connectivity index (χ0) is 54.8. The Morgan fingerprint density at radius 3 is 0.872 bits per heavy atom. The van der Waals surface area contributed by atoms with E-state index in [0.717, 1.165) is 42.1 Å². The molecule has 0 bridgehead atoms. The van der Waals surface area contributed by atoms with Crippen LogP contribution >= 0.6 is 0 Å². The molecule has 0 heterocycles. The zero-order valence-corrected chi connectivity index (χ0v) is 53.2. The molecule has 0 aliphatic heterocycles. The molecule has 2 nitrogen and oxygen atoms in total. The van der Waals surface area contributed by atoms with Gasteiger partial charge in [0.15, 0.2) is 0 Å². The third-order valence-corrected chi connectivity index (χ3v) is 16.1. The molecule has 2 rings (SSSR count). The number of unbranched alkanes of at least 4 members (excludes halogenated alkanes) is 48. The van der Waals surface area contributed by atoms with Gasteiger partial charge >= 0.3 is 0 Å². The van der Waals surface area contributed by atoms with Crippen molar-refractivity contribution in [1.82, 2.24) is 0 Å². The molecular formula is C75H126N2Ni. The normalized spacial score (nSPS) is 12.0. The molecule has 0 spiro atoms. The molecule has 0 aliphatic rings. The van der Waals surface area contributed by atoms with Crippen LogP contribution in [0.1, 0.15) is 366 Å². The minimum absolute atomic E-state index is 0. The van der Waals surface area contributed by atoms with Crippen molar-refractivity contribution in [3.63, 3.8) is 0 Å². The Morgan fingerprint density at radius 2 is 0.603 bits per heavy atom. The van der Waals surface area contributed by atoms with Gasteiger partial charge in [-0.1, -0.05) is 371 Å². The van der Waals surface area contributed by atoms with Crippen LogP contribution < -0.4 is 0 Å². The van der Waals surface area contributed by atoms with Crippen molar-refractivity contribution >= 4 is 35.0 Å². The molecule has 0 aromatic heterocycles. The van der Waals surface area contributed by atoms with Gasteiger partial charge in [-0.25, -0.2) is 4.99 Å². The molecule has 0 saturated heterocycles. The number of allylic oxidation sites excluding steroid dienone is 2. The Morgan fingerprint density at radius 1 is 0.346 bits per heavy atom. The van der Waals surface area contributed by atoms with Gasteiger partial charge in [0.1, 0.15) is 5.71 Å². The van der Waals surface area contributed by atoms with E-state index in [0.29, 0.717) is 0 Å². The van der Waals surface area contributed by atoms with Gasteiger partial charge in [-0.3, -0.25) is 4.99 Å². The number of hydrogen-bond donors (Lipinski definition) is 0. The van der Waals surface area contributed by atoms with E-state index in [1.54, 1.807) is 0 Å². The van der Waals surface area contributed by atoms with Crippen molar-refractivity contribution in [2.45, 2.75) is 355 Å². The molecule has 0 saturated carbocycles. The monoisotopic (exact) mass is 1110 g/mol. The van der Waals surface area contributed by atoms with Gasteiger partial charge in [-0.15, -0.1) is 0 Å². The summed E-state index contributed by atoms with van der Waals surface area (Å²) >= 11 is 0. The predicted octanol–water partition coefficient (Wildman–Crippen LogP) is 26.5. The fraction of sp³-hybridized carbons (Fsp3) is 0.733. The van der Waals surface area contributed by atoms with Gasteiger partial charge in [0.05, 0.1) is 17.1 Å². The second kappa shape index (κ2) is 59.0. The van der Waals surface area contributed by atoms with E-state index in [9.17, 15) is 0 Å². The van der Waals surface area contributed by atoms with E-state index in [2.05, 4.69) is 105 Å². The average Bonchev–Trinajstić information content (AvgIpc) is 3.44. The van der Waals surface area contributed by atoms with Crippen molar-refractivity contribution in [3.8, 4) is 11.8 Å². The quantitative estimate of drug-likeness (QED) is 0.0273. The van der Waals surface area contributed by atoms with Gasteiger partial charge in [0.25, 0.3) is 0 Å². The molecule has 0 radical (unpaired) electrons. The van der Waals surface area contributed by atoms with E-state index in [1.807, 2.05) is 6.92 Å². The molecule has 0 aliphatic carbocycles. The van der Waals surface area contributed by atoms with E-state index >= 15 is 0 Å². The Bertz CT molecular complexity index is 1770. The maximum atomic E-state index is 5.03. The van der Waals surface area contributed by atoms with Crippen molar-refractivity contribution < 1.29 is 16.5 Å². The first kappa shape index (κ1) is 73.3. The number of aliphatic imine (C=N–C) groups is 2. The number of nitrogens with zero attached hydrogens (tertiary/aromatic N) is 2. The van der Waals surface area contributed by atoms with Gasteiger partial charge in [-0.2, -0.15) is 0 Å². The van der Waals surface area contributed by atoms with Crippen molar-refractivity contribution in [2.75, 3.05) is 0 Å². The Kier molecular flexibility index (Phi) is 55.4. The summed E-state index contributed by atoms with van der Waals surface area (Å²) < 4.78 is 0. The van der Waals surface area contributed by atoms with E-state index in [1.165, 1.54) is 319 Å². The summed E-state index contributed by atoms with van der Waals surface area (Å²) in [7, 11) is 0. The Hall–Kier alpha value is -2.69. The molecule has 0 N–H and O–H groups in total. The SMILES string of the molecule is CCC#CC(=Nc1cccc(C=CCCCCCCCCCCCCCCCCCCCCCCCCCC)c1)C(C)=Nc1cccc(C=CCCCCCCCCCCCCCCCCCCCCCCCCCC)c1.[Ni]. The topological polar surface area (TPSA) is 24.7 Å². The number of hydrogen-bond acceptors (Lipinski definition) is 2. The smallest absolute Gasteiger partial charge is 0.135 e. The summed E-state index contributed by atoms with van der Waals surface area (Å²) in [5.74, 6) is 6.57. The summed E-state index contributed by atoms with van der Waals surface area (Å²) in [5, 5.41) is 0. The average molecular weight is 1110 g/mol. The van der Waals surface area contributed by atoms with Crippen molar-refractivity contribution in [1.29, 1.82) is 0 Å². The van der Waals surface area contributed by atoms with Gasteiger partial charge in [-0.05, 0) is 73.9 Å². The van der Waals surface area contributed by atoms with Crippen LogP contribution in [0.2, 0.25) is 0 Å². The molecule has 0 amide bonds. The summed E-state index contributed by atoms with van der Waals surface area (Å²) in [5.41, 5.74) is 5.86. The Labute approximate surface area is 497 Å². The van der Waals surface area contributed by atoms with Crippen LogP contribution in [0.15, 0.2) is 70.7 Å². The molecule has 3 heteroatoms. The van der Waals surface area contributed by atoms with Crippen molar-refractivity contribution in [2.24, 2.45) is 9.98 Å². The standard InChI is InChI=1S/C75H126N2.Ni/c1-5-8-11-13-15-17-19-21-23-25-27-29-31-33-35-37-39-41-43-45-47-49-51-53-55-57-61-71-63-59-65-73(68-71)76-70(4)75(67-10-7-3)77-74-66-60-64-72(69-74)62-58-56-54-52-50-48-46-44-42-40-38-36-34-32-30-28-26-24-22-20-18-16-14-12-9-6-2;/h57-66,68-69H,5-9,11-56H2,1-4H3;. The summed E-state index contributed by atoms with van der Waals surface area (Å²) in [6.07, 6.45) is 81.2. The second-order valence-corrected chi connectivity index (χ2v) is 23.6. The maximum absolute atomic E-state index is 5.03. The molecule has 0 fully saturated rings. The first-order chi connectivity index (χ1) is 38.2. The third kappa shape index (κ3) is 48.1. The minimum atomic E-state index is 0. The van der Waals surface area contributed by atoms with Crippen LogP contribution in [0.4, 0.5) is 11.4 Å². The fourth-order valence-corrected chi connectivity index (χ4v) is 11.0. The van der Waals surface area contributed by atoms with Gasteiger partial charge in [0.2, 0.25) is 0 Å². The molecular weight excluding hydrogens is 988 g/mol. The van der Waals surface area contributed by atoms with Gasteiger partial charge < -0.3 is 0 Å². The fourth-order valence-electron chi connectivity index (χ4n) is 11.0. The number of benzene rings is 2. The van der Waals surface area contributed by atoms with E-state index in [-0.39, 0.29) is 16.5 Å². The third-order valence-electron chi connectivity index (χ3n) is 16.1. The van der Waals surface area contributed by atoms with Crippen LogP contribution in [0.5, 0.6) is 0 Å². The molecule has 2 aromatic carbocycles. The zero-order valence-electron chi connectivity index (χ0n) is 52.2. The molecule has 2 aromatic rings.